The van der Waals surface area contributed by atoms with Crippen molar-refractivity contribution in [2.45, 2.75) is 18.8 Å². The number of nitrogens with zero attached hydrogens (tertiary/aromatic N) is 1. The normalized spacial score (nSPS) is 14.4. The van der Waals surface area contributed by atoms with Gasteiger partial charge in [0.15, 0.2) is 0 Å². The molecule has 1 heterocycles. The van der Waals surface area contributed by atoms with Crippen molar-refractivity contribution in [3.8, 4) is 0 Å². The fourth-order valence-corrected chi connectivity index (χ4v) is 2.13. The molecule has 19 heavy (non-hydrogen) atoms. The third-order valence-electron chi connectivity index (χ3n) is 3.49. The lowest BCUT2D eigenvalue weighted by molar-refractivity contribution is 0.629. The second-order valence-corrected chi connectivity index (χ2v) is 4.95. The molecule has 0 radical (unpaired) electrons. The molecule has 2 aromatic rings. The van der Waals surface area contributed by atoms with E-state index in [-0.39, 0.29) is 11.4 Å². The fraction of sp³-hybridized carbons (Fsp3) is 0.267. The third-order valence-corrected chi connectivity index (χ3v) is 3.49. The maximum absolute atomic E-state index is 14.0. The first kappa shape index (κ1) is 12.0. The van der Waals surface area contributed by atoms with Crippen molar-refractivity contribution in [3.05, 3.63) is 58.1 Å². The molecular weight excluding hydrogens is 243 g/mol. The maximum Gasteiger partial charge on any atom is 0.251 e. The number of anilines is 2. The number of benzene rings is 1. The maximum atomic E-state index is 14.0. The van der Waals surface area contributed by atoms with Crippen LogP contribution in [0.2, 0.25) is 0 Å². The average molecular weight is 258 g/mol. The van der Waals surface area contributed by atoms with Gasteiger partial charge >= 0.3 is 0 Å². The first-order valence-electron chi connectivity index (χ1n) is 6.37. The van der Waals surface area contributed by atoms with Crippen molar-refractivity contribution in [1.82, 2.24) is 4.57 Å². The SMILES string of the molecule is Cn1c(Nc2ccc(C3CC3)cc2F)cccc1=O. The second-order valence-electron chi connectivity index (χ2n) is 4.95. The zero-order valence-corrected chi connectivity index (χ0v) is 10.7. The van der Waals surface area contributed by atoms with E-state index in [1.165, 1.54) is 10.6 Å². The van der Waals surface area contributed by atoms with Gasteiger partial charge in [0.1, 0.15) is 11.6 Å². The molecule has 1 aliphatic rings. The van der Waals surface area contributed by atoms with Crippen molar-refractivity contribution in [2.75, 3.05) is 5.32 Å². The molecule has 0 aliphatic heterocycles. The van der Waals surface area contributed by atoms with Gasteiger partial charge in [-0.2, -0.15) is 0 Å². The molecule has 3 rings (SSSR count). The summed E-state index contributed by atoms with van der Waals surface area (Å²) in [4.78, 5) is 11.5. The summed E-state index contributed by atoms with van der Waals surface area (Å²) in [6.45, 7) is 0. The molecule has 1 aliphatic carbocycles. The molecule has 1 N–H and O–H groups in total. The summed E-state index contributed by atoms with van der Waals surface area (Å²) >= 11 is 0. The number of pyridine rings is 1. The summed E-state index contributed by atoms with van der Waals surface area (Å²) < 4.78 is 15.5. The predicted octanol–water partition coefficient (Wildman–Crippen LogP) is 3.15. The highest BCUT2D eigenvalue weighted by Crippen LogP contribution is 2.40. The predicted molar refractivity (Wildman–Crippen MR) is 73.3 cm³/mol. The molecule has 0 unspecified atom stereocenters. The first-order valence-corrected chi connectivity index (χ1v) is 6.37. The van der Waals surface area contributed by atoms with Crippen LogP contribution in [0.15, 0.2) is 41.2 Å². The largest absolute Gasteiger partial charge is 0.339 e. The number of nitrogens with one attached hydrogen (secondary N) is 1. The smallest absolute Gasteiger partial charge is 0.251 e. The van der Waals surface area contributed by atoms with Gasteiger partial charge in [0.25, 0.3) is 5.56 Å². The topological polar surface area (TPSA) is 34.0 Å². The highest BCUT2D eigenvalue weighted by atomic mass is 19.1. The van der Waals surface area contributed by atoms with Crippen LogP contribution in [0.5, 0.6) is 0 Å². The number of aromatic nitrogens is 1. The molecule has 1 saturated carbocycles. The lowest BCUT2D eigenvalue weighted by Crippen LogP contribution is -2.17. The van der Waals surface area contributed by atoms with E-state index in [2.05, 4.69) is 5.32 Å². The Balaban J connectivity index is 1.90. The van der Waals surface area contributed by atoms with Crippen LogP contribution < -0.4 is 10.9 Å². The molecule has 3 nitrogen and oxygen atoms in total. The Kier molecular flexibility index (Phi) is 2.85. The van der Waals surface area contributed by atoms with Crippen molar-refractivity contribution in [1.29, 1.82) is 0 Å². The minimum atomic E-state index is -0.277. The Bertz CT molecular complexity index is 674. The van der Waals surface area contributed by atoms with Crippen LogP contribution in [0.4, 0.5) is 15.9 Å². The standard InChI is InChI=1S/C15H15FN2O/c1-18-14(3-2-4-15(18)19)17-13-8-7-11(9-12(13)16)10-5-6-10/h2-4,7-10,17H,5-6H2,1H3. The van der Waals surface area contributed by atoms with Crippen molar-refractivity contribution in [2.24, 2.45) is 7.05 Å². The highest BCUT2D eigenvalue weighted by Gasteiger charge is 2.24. The average Bonchev–Trinajstić information content (AvgIpc) is 3.21. The van der Waals surface area contributed by atoms with E-state index < -0.39 is 0 Å². The lowest BCUT2D eigenvalue weighted by Gasteiger charge is -2.12. The molecular formula is C15H15FN2O. The molecule has 0 amide bonds. The van der Waals surface area contributed by atoms with E-state index in [0.717, 1.165) is 18.4 Å². The molecule has 1 fully saturated rings. The second kappa shape index (κ2) is 4.53. The first-order chi connectivity index (χ1) is 9.15. The zero-order valence-electron chi connectivity index (χ0n) is 10.7. The van der Waals surface area contributed by atoms with Gasteiger partial charge in [-0.15, -0.1) is 0 Å². The molecule has 1 aromatic carbocycles. The van der Waals surface area contributed by atoms with Crippen molar-refractivity contribution in [3.63, 3.8) is 0 Å². The Labute approximate surface area is 110 Å². The number of hydrogen-bond acceptors (Lipinski definition) is 2. The van der Waals surface area contributed by atoms with E-state index in [1.807, 2.05) is 6.07 Å². The summed E-state index contributed by atoms with van der Waals surface area (Å²) in [5, 5.41) is 2.96. The monoisotopic (exact) mass is 258 g/mol. The van der Waals surface area contributed by atoms with E-state index >= 15 is 0 Å². The summed E-state index contributed by atoms with van der Waals surface area (Å²) in [5.41, 5.74) is 1.33. The molecule has 0 atom stereocenters. The van der Waals surface area contributed by atoms with Gasteiger partial charge in [-0.05, 0) is 42.5 Å². The summed E-state index contributed by atoms with van der Waals surface area (Å²) in [6.07, 6.45) is 2.30. The van der Waals surface area contributed by atoms with Crippen LogP contribution in [0.1, 0.15) is 24.3 Å². The van der Waals surface area contributed by atoms with Crippen LogP contribution in [-0.2, 0) is 7.05 Å². The number of rotatable bonds is 3. The van der Waals surface area contributed by atoms with Crippen LogP contribution in [0.25, 0.3) is 0 Å². The van der Waals surface area contributed by atoms with Gasteiger partial charge in [0.05, 0.1) is 5.69 Å². The highest BCUT2D eigenvalue weighted by molar-refractivity contribution is 5.58. The fourth-order valence-electron chi connectivity index (χ4n) is 2.13. The number of halogens is 1. The Hall–Kier alpha value is -2.10. The third kappa shape index (κ3) is 2.38. The van der Waals surface area contributed by atoms with E-state index in [1.54, 1.807) is 31.3 Å². The molecule has 4 heteroatoms. The quantitative estimate of drug-likeness (QED) is 0.917. The van der Waals surface area contributed by atoms with Crippen LogP contribution >= 0.6 is 0 Å². The molecule has 0 spiro atoms. The summed E-state index contributed by atoms with van der Waals surface area (Å²) in [7, 11) is 1.65. The van der Waals surface area contributed by atoms with Crippen LogP contribution in [0, 0.1) is 5.82 Å². The summed E-state index contributed by atoms with van der Waals surface area (Å²) in [5.74, 6) is 0.830. The van der Waals surface area contributed by atoms with Crippen LogP contribution in [0.3, 0.4) is 0 Å². The Morgan fingerprint density at radius 2 is 2.05 bits per heavy atom. The Morgan fingerprint density at radius 3 is 2.74 bits per heavy atom. The molecule has 0 bridgehead atoms. The van der Waals surface area contributed by atoms with E-state index in [0.29, 0.717) is 17.4 Å². The van der Waals surface area contributed by atoms with Gasteiger partial charge in [-0.3, -0.25) is 9.36 Å². The van der Waals surface area contributed by atoms with E-state index in [4.69, 9.17) is 0 Å². The number of hydrogen-bond donors (Lipinski definition) is 1. The minimum Gasteiger partial charge on any atom is -0.339 e. The van der Waals surface area contributed by atoms with E-state index in [9.17, 15) is 9.18 Å². The van der Waals surface area contributed by atoms with Gasteiger partial charge in [0, 0.05) is 13.1 Å². The zero-order chi connectivity index (χ0) is 13.4. The molecule has 98 valence electrons. The molecule has 1 aromatic heterocycles. The Morgan fingerprint density at radius 1 is 1.26 bits per heavy atom. The van der Waals surface area contributed by atoms with Crippen molar-refractivity contribution < 1.29 is 4.39 Å². The van der Waals surface area contributed by atoms with Gasteiger partial charge in [0.2, 0.25) is 0 Å². The van der Waals surface area contributed by atoms with Crippen molar-refractivity contribution >= 4 is 11.5 Å². The molecule has 0 saturated heterocycles. The summed E-state index contributed by atoms with van der Waals surface area (Å²) in [6, 6.07) is 10.1. The van der Waals surface area contributed by atoms with Gasteiger partial charge in [-0.1, -0.05) is 12.1 Å². The minimum absolute atomic E-state index is 0.125. The van der Waals surface area contributed by atoms with Gasteiger partial charge in [-0.25, -0.2) is 4.39 Å². The van der Waals surface area contributed by atoms with Gasteiger partial charge < -0.3 is 5.32 Å². The lowest BCUT2D eigenvalue weighted by atomic mass is 10.1. The van der Waals surface area contributed by atoms with Crippen LogP contribution in [-0.4, -0.2) is 4.57 Å².